The van der Waals surface area contributed by atoms with Gasteiger partial charge in [-0.15, -0.1) is 0 Å². The number of hydrogen-bond donors (Lipinski definition) is 3. The predicted molar refractivity (Wildman–Crippen MR) is 83.5 cm³/mol. The first-order chi connectivity index (χ1) is 10.0. The van der Waals surface area contributed by atoms with Gasteiger partial charge in [-0.2, -0.15) is 0 Å². The zero-order chi connectivity index (χ0) is 15.4. The number of hydrazine groups is 1. The van der Waals surface area contributed by atoms with E-state index in [1.54, 1.807) is 12.1 Å². The molecule has 0 aliphatic heterocycles. The van der Waals surface area contributed by atoms with Crippen LogP contribution in [0.25, 0.3) is 0 Å². The van der Waals surface area contributed by atoms with E-state index in [2.05, 4.69) is 31.7 Å². The Bertz CT molecular complexity index is 656. The summed E-state index contributed by atoms with van der Waals surface area (Å²) < 4.78 is 14.3. The van der Waals surface area contributed by atoms with Crippen molar-refractivity contribution in [2.75, 3.05) is 10.7 Å². The molecule has 0 atom stereocenters. The molecule has 4 N–H and O–H groups in total. The fourth-order valence-corrected chi connectivity index (χ4v) is 2.12. The second-order valence-electron chi connectivity index (χ2n) is 4.31. The van der Waals surface area contributed by atoms with E-state index in [0.717, 1.165) is 0 Å². The van der Waals surface area contributed by atoms with Gasteiger partial charge in [-0.25, -0.2) is 15.2 Å². The maximum atomic E-state index is 13.7. The van der Waals surface area contributed by atoms with Crippen LogP contribution >= 0.6 is 15.9 Å². The number of aryl methyl sites for hydroxylation is 1. The molecule has 0 unspecified atom stereocenters. The lowest BCUT2D eigenvalue weighted by Gasteiger charge is -2.09. The molecule has 0 radical (unpaired) electrons. The molecule has 5 nitrogen and oxygen atoms in total. The van der Waals surface area contributed by atoms with Crippen molar-refractivity contribution in [2.45, 2.75) is 13.3 Å². The number of nitrogen functional groups attached to an aromatic ring is 1. The van der Waals surface area contributed by atoms with Gasteiger partial charge in [0.05, 0.1) is 5.69 Å². The van der Waals surface area contributed by atoms with Crippen LogP contribution < -0.4 is 16.6 Å². The minimum atomic E-state index is -0.506. The molecular weight excluding hydrogens is 339 g/mol. The topological polar surface area (TPSA) is 80.0 Å². The molecule has 7 heteroatoms. The van der Waals surface area contributed by atoms with Gasteiger partial charge in [0.2, 0.25) is 0 Å². The largest absolute Gasteiger partial charge is 0.319 e. The molecule has 0 aliphatic rings. The van der Waals surface area contributed by atoms with Crippen molar-refractivity contribution in [3.05, 3.63) is 51.9 Å². The molecule has 110 valence electrons. The zero-order valence-corrected chi connectivity index (χ0v) is 12.9. The molecule has 2 rings (SSSR count). The zero-order valence-electron chi connectivity index (χ0n) is 11.3. The molecule has 1 aromatic carbocycles. The van der Waals surface area contributed by atoms with Crippen molar-refractivity contribution in [1.29, 1.82) is 0 Å². The number of anilines is 2. The summed E-state index contributed by atoms with van der Waals surface area (Å²) in [4.78, 5) is 16.4. The van der Waals surface area contributed by atoms with Crippen LogP contribution in [-0.4, -0.2) is 10.9 Å². The molecule has 1 amide bonds. The normalized spacial score (nSPS) is 10.3. The minimum Gasteiger partial charge on any atom is -0.319 e. The molecule has 0 bridgehead atoms. The van der Waals surface area contributed by atoms with Gasteiger partial charge in [0.15, 0.2) is 0 Å². The highest BCUT2D eigenvalue weighted by Gasteiger charge is 2.12. The number of hydrogen-bond acceptors (Lipinski definition) is 4. The highest BCUT2D eigenvalue weighted by molar-refractivity contribution is 9.10. The van der Waals surface area contributed by atoms with Crippen molar-refractivity contribution in [2.24, 2.45) is 5.84 Å². The van der Waals surface area contributed by atoms with Gasteiger partial charge in [-0.05, 0) is 36.8 Å². The van der Waals surface area contributed by atoms with Crippen LogP contribution in [0.5, 0.6) is 0 Å². The van der Waals surface area contributed by atoms with E-state index in [0.29, 0.717) is 28.0 Å². The summed E-state index contributed by atoms with van der Waals surface area (Å²) in [5.41, 5.74) is 3.58. The Balaban J connectivity index is 2.29. The van der Waals surface area contributed by atoms with E-state index in [4.69, 9.17) is 5.84 Å². The number of rotatable bonds is 4. The molecule has 0 fully saturated rings. The average molecular weight is 353 g/mol. The van der Waals surface area contributed by atoms with Crippen LogP contribution in [0.15, 0.2) is 34.8 Å². The SMILES string of the molecule is CCc1cc(C(=O)Nc2cc(Br)ccc2F)cc(NN)n1. The highest BCUT2D eigenvalue weighted by atomic mass is 79.9. The van der Waals surface area contributed by atoms with Gasteiger partial charge in [-0.1, -0.05) is 22.9 Å². The maximum Gasteiger partial charge on any atom is 0.255 e. The minimum absolute atomic E-state index is 0.103. The second-order valence-corrected chi connectivity index (χ2v) is 5.22. The lowest BCUT2D eigenvalue weighted by atomic mass is 10.1. The first-order valence-corrected chi connectivity index (χ1v) is 7.06. The van der Waals surface area contributed by atoms with Gasteiger partial charge in [0, 0.05) is 15.7 Å². The lowest BCUT2D eigenvalue weighted by molar-refractivity contribution is 0.102. The Labute approximate surface area is 129 Å². The van der Waals surface area contributed by atoms with Crippen LogP contribution in [0.2, 0.25) is 0 Å². The Hall–Kier alpha value is -1.99. The number of benzene rings is 1. The third-order valence-electron chi connectivity index (χ3n) is 2.83. The van der Waals surface area contributed by atoms with Crippen molar-refractivity contribution < 1.29 is 9.18 Å². The van der Waals surface area contributed by atoms with E-state index in [-0.39, 0.29) is 5.69 Å². The quantitative estimate of drug-likeness (QED) is 0.583. The highest BCUT2D eigenvalue weighted by Crippen LogP contribution is 2.21. The fourth-order valence-electron chi connectivity index (χ4n) is 1.76. The third-order valence-corrected chi connectivity index (χ3v) is 3.32. The monoisotopic (exact) mass is 352 g/mol. The number of nitrogens with one attached hydrogen (secondary N) is 2. The number of nitrogens with two attached hydrogens (primary N) is 1. The molecule has 0 saturated carbocycles. The average Bonchev–Trinajstić information content (AvgIpc) is 2.50. The molecule has 0 aliphatic carbocycles. The molecule has 21 heavy (non-hydrogen) atoms. The van der Waals surface area contributed by atoms with Crippen molar-refractivity contribution >= 4 is 33.3 Å². The van der Waals surface area contributed by atoms with Gasteiger partial charge in [0.25, 0.3) is 5.91 Å². The van der Waals surface area contributed by atoms with Crippen molar-refractivity contribution in [3.8, 4) is 0 Å². The first-order valence-electron chi connectivity index (χ1n) is 6.27. The Kier molecular flexibility index (Phi) is 4.87. The Morgan fingerprint density at radius 2 is 2.14 bits per heavy atom. The van der Waals surface area contributed by atoms with E-state index in [9.17, 15) is 9.18 Å². The fraction of sp³-hybridized carbons (Fsp3) is 0.143. The third kappa shape index (κ3) is 3.77. The van der Waals surface area contributed by atoms with Crippen LogP contribution in [0.3, 0.4) is 0 Å². The number of nitrogens with zero attached hydrogens (tertiary/aromatic N) is 1. The van der Waals surface area contributed by atoms with Gasteiger partial charge in [0.1, 0.15) is 11.6 Å². The first kappa shape index (κ1) is 15.4. The number of carbonyl (C=O) groups is 1. The predicted octanol–water partition coefficient (Wildman–Crippen LogP) is 3.08. The number of aromatic nitrogens is 1. The molecule has 0 saturated heterocycles. The van der Waals surface area contributed by atoms with Crippen molar-refractivity contribution in [3.63, 3.8) is 0 Å². The summed E-state index contributed by atoms with van der Waals surface area (Å²) >= 11 is 3.23. The lowest BCUT2D eigenvalue weighted by Crippen LogP contribution is -2.16. The van der Waals surface area contributed by atoms with E-state index in [1.165, 1.54) is 18.2 Å². The summed E-state index contributed by atoms with van der Waals surface area (Å²) in [5.74, 6) is 4.78. The summed E-state index contributed by atoms with van der Waals surface area (Å²) in [6.07, 6.45) is 0.654. The van der Waals surface area contributed by atoms with Gasteiger partial charge >= 0.3 is 0 Å². The van der Waals surface area contributed by atoms with Crippen molar-refractivity contribution in [1.82, 2.24) is 4.98 Å². The molecule has 1 heterocycles. The maximum absolute atomic E-state index is 13.7. The smallest absolute Gasteiger partial charge is 0.255 e. The van der Waals surface area contributed by atoms with Crippen LogP contribution in [-0.2, 0) is 6.42 Å². The van der Waals surface area contributed by atoms with E-state index >= 15 is 0 Å². The summed E-state index contributed by atoms with van der Waals surface area (Å²) in [7, 11) is 0. The molecular formula is C14H14BrFN4O. The van der Waals surface area contributed by atoms with Gasteiger partial charge in [-0.3, -0.25) is 4.79 Å². The van der Waals surface area contributed by atoms with Crippen LogP contribution in [0.4, 0.5) is 15.9 Å². The summed E-state index contributed by atoms with van der Waals surface area (Å²) in [6.45, 7) is 1.91. The van der Waals surface area contributed by atoms with Gasteiger partial charge < -0.3 is 10.7 Å². The molecule has 0 spiro atoms. The Morgan fingerprint density at radius 3 is 2.81 bits per heavy atom. The standard InChI is InChI=1S/C14H14BrFN4O/c1-2-10-5-8(6-13(18-10)20-17)14(21)19-12-7-9(15)3-4-11(12)16/h3-7H,2,17H2,1H3,(H,18,20)(H,19,21). The summed E-state index contributed by atoms with van der Waals surface area (Å²) in [5, 5.41) is 2.53. The second kappa shape index (κ2) is 6.64. The number of halogens is 2. The number of pyridine rings is 1. The number of carbonyl (C=O) groups excluding carboxylic acids is 1. The van der Waals surface area contributed by atoms with E-state index < -0.39 is 11.7 Å². The number of amides is 1. The Morgan fingerprint density at radius 1 is 1.38 bits per heavy atom. The van der Waals surface area contributed by atoms with Crippen LogP contribution in [0, 0.1) is 5.82 Å². The summed E-state index contributed by atoms with van der Waals surface area (Å²) in [6, 6.07) is 7.48. The molecule has 1 aromatic heterocycles. The molecule has 2 aromatic rings. The van der Waals surface area contributed by atoms with E-state index in [1.807, 2.05) is 6.92 Å². The van der Waals surface area contributed by atoms with Crippen LogP contribution in [0.1, 0.15) is 23.0 Å².